The van der Waals surface area contributed by atoms with E-state index in [1.165, 1.54) is 16.7 Å². The van der Waals surface area contributed by atoms with Gasteiger partial charge in [-0.25, -0.2) is 0 Å². The Hall–Kier alpha value is -2.09. The standard InChI is InChI=1S/C16H15NO/c18-16-6-5-13-3-1-2-4-14(13)15(16)11-12-7-9-17-10-8-12/h1,3,5-10,18H,2,4,11H2. The molecule has 1 aliphatic rings. The Kier molecular flexibility index (Phi) is 2.85. The van der Waals surface area contributed by atoms with E-state index in [1.54, 1.807) is 18.5 Å². The van der Waals surface area contributed by atoms with Crippen molar-refractivity contribution in [2.45, 2.75) is 19.3 Å². The van der Waals surface area contributed by atoms with Crippen LogP contribution in [0, 0.1) is 0 Å². The molecule has 1 aliphatic carbocycles. The molecule has 2 nitrogen and oxygen atoms in total. The smallest absolute Gasteiger partial charge is 0.119 e. The van der Waals surface area contributed by atoms with Gasteiger partial charge in [0.25, 0.3) is 0 Å². The molecular weight excluding hydrogens is 222 g/mol. The van der Waals surface area contributed by atoms with Crippen LogP contribution in [0.25, 0.3) is 6.08 Å². The normalized spacial score (nSPS) is 13.3. The molecule has 0 aliphatic heterocycles. The highest BCUT2D eigenvalue weighted by Crippen LogP contribution is 2.31. The fraction of sp³-hybridized carbons (Fsp3) is 0.188. The van der Waals surface area contributed by atoms with Crippen LogP contribution < -0.4 is 0 Å². The molecule has 2 heteroatoms. The van der Waals surface area contributed by atoms with Crippen molar-refractivity contribution in [3.05, 3.63) is 65.0 Å². The molecule has 1 N–H and O–H groups in total. The molecule has 18 heavy (non-hydrogen) atoms. The van der Waals surface area contributed by atoms with E-state index in [2.05, 4.69) is 17.1 Å². The first-order valence-electron chi connectivity index (χ1n) is 6.24. The third kappa shape index (κ3) is 2.02. The second-order valence-electron chi connectivity index (χ2n) is 4.60. The van der Waals surface area contributed by atoms with Crippen LogP contribution in [0.2, 0.25) is 0 Å². The van der Waals surface area contributed by atoms with Crippen LogP contribution >= 0.6 is 0 Å². The van der Waals surface area contributed by atoms with E-state index in [0.717, 1.165) is 24.8 Å². The molecule has 0 bridgehead atoms. The van der Waals surface area contributed by atoms with Crippen molar-refractivity contribution in [3.8, 4) is 5.75 Å². The van der Waals surface area contributed by atoms with Gasteiger partial charge in [0, 0.05) is 24.4 Å². The fourth-order valence-corrected chi connectivity index (χ4v) is 2.49. The predicted octanol–water partition coefficient (Wildman–Crippen LogP) is 3.34. The number of hydrogen-bond acceptors (Lipinski definition) is 2. The third-order valence-corrected chi connectivity index (χ3v) is 3.43. The summed E-state index contributed by atoms with van der Waals surface area (Å²) in [6.07, 6.45) is 10.8. The lowest BCUT2D eigenvalue weighted by atomic mass is 9.89. The molecule has 1 heterocycles. The van der Waals surface area contributed by atoms with E-state index in [4.69, 9.17) is 0 Å². The summed E-state index contributed by atoms with van der Waals surface area (Å²) in [7, 11) is 0. The van der Waals surface area contributed by atoms with Gasteiger partial charge in [0.05, 0.1) is 0 Å². The zero-order valence-corrected chi connectivity index (χ0v) is 10.1. The van der Waals surface area contributed by atoms with Gasteiger partial charge in [0.1, 0.15) is 5.75 Å². The molecule has 3 rings (SSSR count). The maximum absolute atomic E-state index is 10.1. The first-order chi connectivity index (χ1) is 8.84. The number of rotatable bonds is 2. The lowest BCUT2D eigenvalue weighted by Gasteiger charge is -2.17. The van der Waals surface area contributed by atoms with Crippen molar-refractivity contribution >= 4 is 6.08 Å². The number of aromatic nitrogens is 1. The minimum atomic E-state index is 0.404. The van der Waals surface area contributed by atoms with Crippen molar-refractivity contribution in [1.82, 2.24) is 4.98 Å². The molecule has 90 valence electrons. The first kappa shape index (κ1) is 11.0. The predicted molar refractivity (Wildman–Crippen MR) is 72.5 cm³/mol. The number of fused-ring (bicyclic) bond motifs is 1. The van der Waals surface area contributed by atoms with Crippen LogP contribution in [0.1, 0.15) is 28.7 Å². The molecular formula is C16H15NO. The summed E-state index contributed by atoms with van der Waals surface area (Å²) in [6.45, 7) is 0. The third-order valence-electron chi connectivity index (χ3n) is 3.43. The molecule has 0 fully saturated rings. The Morgan fingerprint density at radius 2 is 1.94 bits per heavy atom. The van der Waals surface area contributed by atoms with Crippen molar-refractivity contribution in [2.75, 3.05) is 0 Å². The van der Waals surface area contributed by atoms with Crippen LogP contribution in [0.15, 0.2) is 42.7 Å². The first-order valence-corrected chi connectivity index (χ1v) is 6.24. The van der Waals surface area contributed by atoms with Crippen LogP contribution in [0.3, 0.4) is 0 Å². The monoisotopic (exact) mass is 237 g/mol. The van der Waals surface area contributed by atoms with E-state index in [1.807, 2.05) is 18.2 Å². The van der Waals surface area contributed by atoms with Crippen molar-refractivity contribution in [1.29, 1.82) is 0 Å². The molecule has 0 atom stereocenters. The van der Waals surface area contributed by atoms with E-state index in [0.29, 0.717) is 5.75 Å². The summed E-state index contributed by atoms with van der Waals surface area (Å²) < 4.78 is 0. The van der Waals surface area contributed by atoms with E-state index in [9.17, 15) is 5.11 Å². The van der Waals surface area contributed by atoms with Gasteiger partial charge in [0.2, 0.25) is 0 Å². The summed E-state index contributed by atoms with van der Waals surface area (Å²) in [4.78, 5) is 4.02. The van der Waals surface area contributed by atoms with Gasteiger partial charge < -0.3 is 5.11 Å². The molecule has 1 aromatic carbocycles. The number of benzene rings is 1. The quantitative estimate of drug-likeness (QED) is 0.869. The topological polar surface area (TPSA) is 33.1 Å². The van der Waals surface area contributed by atoms with Crippen LogP contribution in [-0.4, -0.2) is 10.1 Å². The minimum absolute atomic E-state index is 0.404. The summed E-state index contributed by atoms with van der Waals surface area (Å²) in [6, 6.07) is 7.79. The number of nitrogens with zero attached hydrogens (tertiary/aromatic N) is 1. The van der Waals surface area contributed by atoms with Crippen molar-refractivity contribution in [3.63, 3.8) is 0 Å². The molecule has 1 aromatic heterocycles. The van der Waals surface area contributed by atoms with E-state index < -0.39 is 0 Å². The highest BCUT2D eigenvalue weighted by Gasteiger charge is 2.13. The Labute approximate surface area is 107 Å². The number of phenolic OH excluding ortho intramolecular Hbond substituents is 1. The number of hydrogen-bond donors (Lipinski definition) is 1. The Morgan fingerprint density at radius 3 is 2.78 bits per heavy atom. The van der Waals surface area contributed by atoms with E-state index >= 15 is 0 Å². The summed E-state index contributed by atoms with van der Waals surface area (Å²) >= 11 is 0. The fourth-order valence-electron chi connectivity index (χ4n) is 2.49. The Balaban J connectivity index is 2.04. The van der Waals surface area contributed by atoms with Crippen LogP contribution in [0.5, 0.6) is 5.75 Å². The molecule has 0 unspecified atom stereocenters. The lowest BCUT2D eigenvalue weighted by Crippen LogP contribution is -2.02. The largest absolute Gasteiger partial charge is 0.508 e. The highest BCUT2D eigenvalue weighted by atomic mass is 16.3. The van der Waals surface area contributed by atoms with Gasteiger partial charge in [-0.2, -0.15) is 0 Å². The lowest BCUT2D eigenvalue weighted by molar-refractivity contribution is 0.468. The molecule has 0 amide bonds. The maximum Gasteiger partial charge on any atom is 0.119 e. The van der Waals surface area contributed by atoms with Gasteiger partial charge in [-0.1, -0.05) is 18.2 Å². The summed E-state index contributed by atoms with van der Waals surface area (Å²) in [5, 5.41) is 10.1. The molecule has 2 aromatic rings. The zero-order chi connectivity index (χ0) is 12.4. The molecule has 0 radical (unpaired) electrons. The maximum atomic E-state index is 10.1. The Morgan fingerprint density at radius 1 is 1.11 bits per heavy atom. The molecule has 0 spiro atoms. The number of aromatic hydroxyl groups is 1. The summed E-state index contributed by atoms with van der Waals surface area (Å²) in [5.74, 6) is 0.404. The SMILES string of the molecule is Oc1ccc2c(c1Cc1ccncc1)CCC=C2. The van der Waals surface area contributed by atoms with Crippen molar-refractivity contribution < 1.29 is 5.11 Å². The summed E-state index contributed by atoms with van der Waals surface area (Å²) in [5.41, 5.74) is 4.77. The van der Waals surface area contributed by atoms with Gasteiger partial charge in [-0.05, 0) is 47.7 Å². The van der Waals surface area contributed by atoms with Crippen LogP contribution in [-0.2, 0) is 12.8 Å². The van der Waals surface area contributed by atoms with Gasteiger partial charge in [0.15, 0.2) is 0 Å². The van der Waals surface area contributed by atoms with Gasteiger partial charge >= 0.3 is 0 Å². The zero-order valence-electron chi connectivity index (χ0n) is 10.1. The highest BCUT2D eigenvalue weighted by molar-refractivity contribution is 5.61. The van der Waals surface area contributed by atoms with Gasteiger partial charge in [-0.3, -0.25) is 4.98 Å². The Bertz CT molecular complexity index is 588. The second kappa shape index (κ2) is 4.65. The average molecular weight is 237 g/mol. The van der Waals surface area contributed by atoms with Gasteiger partial charge in [-0.15, -0.1) is 0 Å². The van der Waals surface area contributed by atoms with Crippen molar-refractivity contribution in [2.24, 2.45) is 0 Å². The minimum Gasteiger partial charge on any atom is -0.508 e. The number of allylic oxidation sites excluding steroid dienone is 1. The second-order valence-corrected chi connectivity index (χ2v) is 4.60. The number of phenols is 1. The number of pyridine rings is 1. The molecule has 0 saturated carbocycles. The van der Waals surface area contributed by atoms with E-state index in [-0.39, 0.29) is 0 Å². The average Bonchev–Trinajstić information content (AvgIpc) is 2.43. The van der Waals surface area contributed by atoms with Crippen LogP contribution in [0.4, 0.5) is 0 Å². The molecule has 0 saturated heterocycles.